The molecule has 0 aliphatic carbocycles. The summed E-state index contributed by atoms with van der Waals surface area (Å²) in [4.78, 5) is 11.6. The number of hydrogen-bond donors (Lipinski definition) is 2. The van der Waals surface area contributed by atoms with Crippen molar-refractivity contribution in [2.45, 2.75) is 26.8 Å². The number of methoxy groups -OCH3 is 1. The molecule has 19 heavy (non-hydrogen) atoms. The third kappa shape index (κ3) is 5.85. The van der Waals surface area contributed by atoms with Crippen molar-refractivity contribution in [2.75, 3.05) is 26.8 Å². The molecule has 0 fully saturated rings. The third-order valence-corrected chi connectivity index (χ3v) is 2.94. The first kappa shape index (κ1) is 15.7. The predicted molar refractivity (Wildman–Crippen MR) is 77.2 cm³/mol. The molecule has 1 atom stereocenters. The molecule has 0 saturated carbocycles. The van der Waals surface area contributed by atoms with Gasteiger partial charge >= 0.3 is 0 Å². The molecule has 1 aromatic rings. The average Bonchev–Trinajstić information content (AvgIpc) is 2.35. The fraction of sp³-hybridized carbons (Fsp3) is 0.533. The first-order valence-corrected chi connectivity index (χ1v) is 6.60. The van der Waals surface area contributed by atoms with Gasteiger partial charge in [-0.1, -0.05) is 29.3 Å². The lowest BCUT2D eigenvalue weighted by Crippen LogP contribution is -2.36. The zero-order valence-electron chi connectivity index (χ0n) is 12.2. The van der Waals surface area contributed by atoms with E-state index in [1.165, 1.54) is 16.7 Å². The number of hydrogen-bond acceptors (Lipinski definition) is 3. The Kier molecular flexibility index (Phi) is 6.53. The first-order valence-electron chi connectivity index (χ1n) is 6.60. The Morgan fingerprint density at radius 2 is 1.89 bits per heavy atom. The van der Waals surface area contributed by atoms with Gasteiger partial charge < -0.3 is 15.4 Å². The van der Waals surface area contributed by atoms with Crippen LogP contribution in [-0.2, 0) is 9.53 Å². The smallest absolute Gasteiger partial charge is 0.234 e. The minimum Gasteiger partial charge on any atom is -0.383 e. The molecule has 1 rings (SSSR count). The summed E-state index contributed by atoms with van der Waals surface area (Å²) in [5.74, 6) is -0.00623. The van der Waals surface area contributed by atoms with E-state index in [9.17, 15) is 4.79 Å². The van der Waals surface area contributed by atoms with Crippen LogP contribution in [0.4, 0.5) is 0 Å². The minimum atomic E-state index is -0.00623. The second-order valence-electron chi connectivity index (χ2n) is 4.87. The van der Waals surface area contributed by atoms with Gasteiger partial charge in [-0.05, 0) is 26.3 Å². The molecule has 4 nitrogen and oxygen atoms in total. The van der Waals surface area contributed by atoms with Crippen molar-refractivity contribution in [1.82, 2.24) is 10.6 Å². The van der Waals surface area contributed by atoms with Crippen molar-refractivity contribution in [3.05, 3.63) is 34.9 Å². The Hall–Kier alpha value is -1.39. The molecule has 1 amide bonds. The molecule has 2 N–H and O–H groups in total. The van der Waals surface area contributed by atoms with Crippen molar-refractivity contribution in [3.8, 4) is 0 Å². The number of carbonyl (C=O) groups is 1. The minimum absolute atomic E-state index is 0.00623. The van der Waals surface area contributed by atoms with E-state index in [4.69, 9.17) is 4.74 Å². The molecule has 0 spiro atoms. The topological polar surface area (TPSA) is 50.4 Å². The molecule has 1 aromatic carbocycles. The van der Waals surface area contributed by atoms with Gasteiger partial charge in [0, 0.05) is 19.7 Å². The third-order valence-electron chi connectivity index (χ3n) is 2.94. The number of ether oxygens (including phenoxy) is 1. The number of rotatable bonds is 7. The fourth-order valence-electron chi connectivity index (χ4n) is 1.98. The largest absolute Gasteiger partial charge is 0.383 e. The van der Waals surface area contributed by atoms with Gasteiger partial charge in [-0.15, -0.1) is 0 Å². The Bertz CT molecular complexity index is 398. The molecular formula is C15H24N2O2. The van der Waals surface area contributed by atoms with Crippen molar-refractivity contribution in [3.63, 3.8) is 0 Å². The van der Waals surface area contributed by atoms with E-state index < -0.39 is 0 Å². The summed E-state index contributed by atoms with van der Waals surface area (Å²) in [6.45, 7) is 7.64. The van der Waals surface area contributed by atoms with E-state index in [1.807, 2.05) is 0 Å². The fourth-order valence-corrected chi connectivity index (χ4v) is 1.98. The summed E-state index contributed by atoms with van der Waals surface area (Å²) in [6.07, 6.45) is 0. The molecule has 4 heteroatoms. The summed E-state index contributed by atoms with van der Waals surface area (Å²) < 4.78 is 4.88. The summed E-state index contributed by atoms with van der Waals surface area (Å²) in [7, 11) is 1.62. The monoisotopic (exact) mass is 264 g/mol. The highest BCUT2D eigenvalue weighted by Gasteiger charge is 2.08. The van der Waals surface area contributed by atoms with Gasteiger partial charge in [0.15, 0.2) is 0 Å². The van der Waals surface area contributed by atoms with Gasteiger partial charge in [0.1, 0.15) is 0 Å². The number of benzene rings is 1. The van der Waals surface area contributed by atoms with Crippen molar-refractivity contribution in [2.24, 2.45) is 0 Å². The zero-order valence-corrected chi connectivity index (χ0v) is 12.2. The van der Waals surface area contributed by atoms with Gasteiger partial charge in [-0.25, -0.2) is 0 Å². The molecule has 0 aliphatic rings. The molecule has 0 radical (unpaired) electrons. The van der Waals surface area contributed by atoms with Gasteiger partial charge in [0.2, 0.25) is 5.91 Å². The van der Waals surface area contributed by atoms with Crippen molar-refractivity contribution < 1.29 is 9.53 Å². The lowest BCUT2D eigenvalue weighted by molar-refractivity contribution is -0.120. The Morgan fingerprint density at radius 1 is 1.26 bits per heavy atom. The number of amides is 1. The molecule has 0 aromatic heterocycles. The Balaban J connectivity index is 2.42. The van der Waals surface area contributed by atoms with Crippen LogP contribution in [0.3, 0.4) is 0 Å². The van der Waals surface area contributed by atoms with Crippen LogP contribution in [0.1, 0.15) is 29.7 Å². The molecule has 106 valence electrons. The highest BCUT2D eigenvalue weighted by atomic mass is 16.5. The van der Waals surface area contributed by atoms with Gasteiger partial charge in [0.25, 0.3) is 0 Å². The maximum absolute atomic E-state index is 11.6. The van der Waals surface area contributed by atoms with Crippen molar-refractivity contribution >= 4 is 5.91 Å². The van der Waals surface area contributed by atoms with Gasteiger partial charge in [-0.2, -0.15) is 0 Å². The Morgan fingerprint density at radius 3 is 2.47 bits per heavy atom. The normalized spacial score (nSPS) is 12.2. The van der Waals surface area contributed by atoms with Crippen LogP contribution < -0.4 is 10.6 Å². The summed E-state index contributed by atoms with van der Waals surface area (Å²) in [5.41, 5.74) is 3.70. The number of nitrogens with one attached hydrogen (secondary N) is 2. The number of aryl methyl sites for hydroxylation is 2. The van der Waals surface area contributed by atoms with E-state index in [0.29, 0.717) is 19.7 Å². The van der Waals surface area contributed by atoms with Crippen LogP contribution >= 0.6 is 0 Å². The second-order valence-corrected chi connectivity index (χ2v) is 4.87. The van der Waals surface area contributed by atoms with E-state index in [0.717, 1.165) is 0 Å². The van der Waals surface area contributed by atoms with Crippen LogP contribution in [0.5, 0.6) is 0 Å². The lowest BCUT2D eigenvalue weighted by Gasteiger charge is -2.15. The highest BCUT2D eigenvalue weighted by Crippen LogP contribution is 2.16. The summed E-state index contributed by atoms with van der Waals surface area (Å²) in [5, 5.41) is 6.01. The average molecular weight is 264 g/mol. The molecular weight excluding hydrogens is 240 g/mol. The number of carbonyl (C=O) groups excluding carboxylic acids is 1. The molecule has 0 heterocycles. The quantitative estimate of drug-likeness (QED) is 0.737. The van der Waals surface area contributed by atoms with Crippen LogP contribution in [0.15, 0.2) is 18.2 Å². The second kappa shape index (κ2) is 7.92. The molecule has 0 saturated heterocycles. The summed E-state index contributed by atoms with van der Waals surface area (Å²) >= 11 is 0. The lowest BCUT2D eigenvalue weighted by atomic mass is 10.0. The zero-order chi connectivity index (χ0) is 14.3. The van der Waals surface area contributed by atoms with Crippen LogP contribution in [-0.4, -0.2) is 32.7 Å². The summed E-state index contributed by atoms with van der Waals surface area (Å²) in [6, 6.07) is 6.60. The molecule has 0 aliphatic heterocycles. The SMILES string of the molecule is COCCNC(=O)CNC(C)c1cc(C)cc(C)c1. The maximum atomic E-state index is 11.6. The van der Waals surface area contributed by atoms with Crippen LogP contribution in [0, 0.1) is 13.8 Å². The Labute approximate surface area is 115 Å². The highest BCUT2D eigenvalue weighted by molar-refractivity contribution is 5.78. The predicted octanol–water partition coefficient (Wildman–Crippen LogP) is 1.72. The van der Waals surface area contributed by atoms with Gasteiger partial charge in [-0.3, -0.25) is 4.79 Å². The van der Waals surface area contributed by atoms with Crippen molar-refractivity contribution in [1.29, 1.82) is 0 Å². The van der Waals surface area contributed by atoms with Crippen LogP contribution in [0.2, 0.25) is 0 Å². The van der Waals surface area contributed by atoms with Crippen LogP contribution in [0.25, 0.3) is 0 Å². The van der Waals surface area contributed by atoms with E-state index in [1.54, 1.807) is 7.11 Å². The first-order chi connectivity index (χ1) is 9.02. The maximum Gasteiger partial charge on any atom is 0.234 e. The van der Waals surface area contributed by atoms with E-state index in [-0.39, 0.29) is 11.9 Å². The van der Waals surface area contributed by atoms with E-state index in [2.05, 4.69) is 49.6 Å². The van der Waals surface area contributed by atoms with E-state index >= 15 is 0 Å². The van der Waals surface area contributed by atoms with Gasteiger partial charge in [0.05, 0.1) is 13.2 Å². The molecule has 0 bridgehead atoms. The standard InChI is InChI=1S/C15H24N2O2/c1-11-7-12(2)9-14(8-11)13(3)17-10-15(18)16-5-6-19-4/h7-9,13,17H,5-6,10H2,1-4H3,(H,16,18). The molecule has 1 unspecified atom stereocenters.